The standard InChI is InChI=1S/C12H16BrN3S/c1-7-5-17-11-10(7)14-6-15-12(11)16-9(3)4-8(2)13/h5-6,8-9H,4H2,1-3H3,(H,14,15,16). The summed E-state index contributed by atoms with van der Waals surface area (Å²) in [6.07, 6.45) is 2.70. The van der Waals surface area contributed by atoms with Crippen molar-refractivity contribution < 1.29 is 0 Å². The van der Waals surface area contributed by atoms with Gasteiger partial charge in [0.25, 0.3) is 0 Å². The zero-order valence-electron chi connectivity index (χ0n) is 10.2. The molecule has 2 aromatic heterocycles. The molecule has 2 aromatic rings. The topological polar surface area (TPSA) is 37.8 Å². The Morgan fingerprint density at radius 1 is 1.41 bits per heavy atom. The van der Waals surface area contributed by atoms with Crippen molar-refractivity contribution >= 4 is 43.3 Å². The number of nitrogens with zero attached hydrogens (tertiary/aromatic N) is 2. The molecule has 2 rings (SSSR count). The molecule has 2 unspecified atom stereocenters. The highest BCUT2D eigenvalue weighted by molar-refractivity contribution is 9.09. The molecule has 0 bridgehead atoms. The van der Waals surface area contributed by atoms with E-state index in [2.05, 4.69) is 57.4 Å². The van der Waals surface area contributed by atoms with E-state index in [0.717, 1.165) is 22.5 Å². The molecule has 0 amide bonds. The quantitative estimate of drug-likeness (QED) is 0.868. The summed E-state index contributed by atoms with van der Waals surface area (Å²) in [6.45, 7) is 6.41. The van der Waals surface area contributed by atoms with Crippen LogP contribution < -0.4 is 5.32 Å². The zero-order chi connectivity index (χ0) is 12.4. The first-order valence-electron chi connectivity index (χ1n) is 5.67. The van der Waals surface area contributed by atoms with Gasteiger partial charge in [-0.15, -0.1) is 11.3 Å². The highest BCUT2D eigenvalue weighted by atomic mass is 79.9. The summed E-state index contributed by atoms with van der Waals surface area (Å²) < 4.78 is 1.15. The summed E-state index contributed by atoms with van der Waals surface area (Å²) in [6, 6.07) is 0.393. The Bertz CT molecular complexity index is 509. The Labute approximate surface area is 114 Å². The summed E-state index contributed by atoms with van der Waals surface area (Å²) in [4.78, 5) is 9.17. The van der Waals surface area contributed by atoms with Crippen LogP contribution in [0.5, 0.6) is 0 Å². The maximum atomic E-state index is 4.34. The van der Waals surface area contributed by atoms with Crippen molar-refractivity contribution in [3.63, 3.8) is 0 Å². The number of hydrogen-bond donors (Lipinski definition) is 1. The van der Waals surface area contributed by atoms with Gasteiger partial charge in [0.15, 0.2) is 0 Å². The molecule has 17 heavy (non-hydrogen) atoms. The number of fused-ring (bicyclic) bond motifs is 1. The number of rotatable bonds is 4. The first kappa shape index (κ1) is 12.8. The summed E-state index contributed by atoms with van der Waals surface area (Å²) in [5, 5.41) is 5.59. The lowest BCUT2D eigenvalue weighted by Gasteiger charge is -2.15. The van der Waals surface area contributed by atoms with Crippen molar-refractivity contribution in [3.8, 4) is 0 Å². The van der Waals surface area contributed by atoms with Crippen molar-refractivity contribution in [2.45, 2.75) is 38.1 Å². The molecule has 5 heteroatoms. The average Bonchev–Trinajstić information content (AvgIpc) is 2.61. The van der Waals surface area contributed by atoms with Crippen LogP contribution in [0.1, 0.15) is 25.8 Å². The van der Waals surface area contributed by atoms with Gasteiger partial charge in [0, 0.05) is 10.9 Å². The van der Waals surface area contributed by atoms with E-state index in [1.165, 1.54) is 5.56 Å². The van der Waals surface area contributed by atoms with E-state index in [0.29, 0.717) is 10.9 Å². The fraction of sp³-hybridized carbons (Fsp3) is 0.500. The van der Waals surface area contributed by atoms with Crippen LogP contribution in [-0.4, -0.2) is 20.8 Å². The molecule has 0 aromatic carbocycles. The van der Waals surface area contributed by atoms with Gasteiger partial charge < -0.3 is 5.32 Å². The number of halogens is 1. The molecule has 92 valence electrons. The van der Waals surface area contributed by atoms with Gasteiger partial charge in [-0.2, -0.15) is 0 Å². The number of thiophene rings is 1. The van der Waals surface area contributed by atoms with Crippen LogP contribution in [0.2, 0.25) is 0 Å². The van der Waals surface area contributed by atoms with E-state index >= 15 is 0 Å². The van der Waals surface area contributed by atoms with Gasteiger partial charge in [0.2, 0.25) is 0 Å². The Kier molecular flexibility index (Phi) is 3.99. The second-order valence-electron chi connectivity index (χ2n) is 4.38. The average molecular weight is 314 g/mol. The summed E-state index contributed by atoms with van der Waals surface area (Å²) in [5.41, 5.74) is 2.28. The number of anilines is 1. The molecule has 0 saturated carbocycles. The summed E-state index contributed by atoms with van der Waals surface area (Å²) in [5.74, 6) is 0.953. The van der Waals surface area contributed by atoms with Gasteiger partial charge >= 0.3 is 0 Å². The van der Waals surface area contributed by atoms with Crippen molar-refractivity contribution in [2.75, 3.05) is 5.32 Å². The third-order valence-electron chi connectivity index (χ3n) is 2.59. The van der Waals surface area contributed by atoms with E-state index in [4.69, 9.17) is 0 Å². The molecule has 0 aliphatic carbocycles. The third kappa shape index (κ3) is 2.96. The molecule has 2 heterocycles. The van der Waals surface area contributed by atoms with Crippen molar-refractivity contribution in [1.82, 2.24) is 9.97 Å². The number of aryl methyl sites for hydroxylation is 1. The lowest BCUT2D eigenvalue weighted by molar-refractivity contribution is 0.706. The zero-order valence-corrected chi connectivity index (χ0v) is 12.6. The minimum absolute atomic E-state index is 0.393. The Balaban J connectivity index is 2.24. The van der Waals surface area contributed by atoms with Gasteiger partial charge in [-0.05, 0) is 31.2 Å². The van der Waals surface area contributed by atoms with Crippen LogP contribution in [0.4, 0.5) is 5.82 Å². The van der Waals surface area contributed by atoms with E-state index in [1.807, 2.05) is 0 Å². The van der Waals surface area contributed by atoms with Crippen LogP contribution >= 0.6 is 27.3 Å². The molecule has 3 nitrogen and oxygen atoms in total. The predicted molar refractivity (Wildman–Crippen MR) is 78.2 cm³/mol. The Hall–Kier alpha value is -0.680. The fourth-order valence-electron chi connectivity index (χ4n) is 1.85. The molecule has 0 fully saturated rings. The molecule has 0 aliphatic heterocycles. The van der Waals surface area contributed by atoms with Gasteiger partial charge in [-0.25, -0.2) is 9.97 Å². The lowest BCUT2D eigenvalue weighted by atomic mass is 10.2. The van der Waals surface area contributed by atoms with Gasteiger partial charge in [-0.3, -0.25) is 0 Å². The van der Waals surface area contributed by atoms with Crippen LogP contribution in [0.15, 0.2) is 11.7 Å². The van der Waals surface area contributed by atoms with Crippen molar-refractivity contribution in [3.05, 3.63) is 17.3 Å². The van der Waals surface area contributed by atoms with E-state index in [1.54, 1.807) is 17.7 Å². The van der Waals surface area contributed by atoms with Crippen LogP contribution in [0, 0.1) is 6.92 Å². The summed E-state index contributed by atoms with van der Waals surface area (Å²) >= 11 is 5.27. The molecular weight excluding hydrogens is 298 g/mol. The second kappa shape index (κ2) is 5.31. The number of nitrogens with one attached hydrogen (secondary N) is 1. The third-order valence-corrected chi connectivity index (χ3v) is 4.06. The lowest BCUT2D eigenvalue weighted by Crippen LogP contribution is -2.19. The number of alkyl halides is 1. The van der Waals surface area contributed by atoms with E-state index in [9.17, 15) is 0 Å². The largest absolute Gasteiger partial charge is 0.366 e. The Morgan fingerprint density at radius 2 is 2.18 bits per heavy atom. The fourth-order valence-corrected chi connectivity index (χ4v) is 3.37. The molecular formula is C12H16BrN3S. The SMILES string of the molecule is Cc1csc2c(NC(C)CC(C)Br)ncnc12. The van der Waals surface area contributed by atoms with E-state index in [-0.39, 0.29) is 0 Å². The maximum Gasteiger partial charge on any atom is 0.147 e. The van der Waals surface area contributed by atoms with Crippen LogP contribution in [0.3, 0.4) is 0 Å². The first-order valence-corrected chi connectivity index (χ1v) is 7.47. The molecule has 0 spiro atoms. The second-order valence-corrected chi connectivity index (χ2v) is 6.82. The monoisotopic (exact) mass is 313 g/mol. The minimum atomic E-state index is 0.393. The smallest absolute Gasteiger partial charge is 0.147 e. The van der Waals surface area contributed by atoms with Crippen molar-refractivity contribution in [1.29, 1.82) is 0 Å². The van der Waals surface area contributed by atoms with Gasteiger partial charge in [0.05, 0.1) is 10.2 Å². The van der Waals surface area contributed by atoms with Crippen molar-refractivity contribution in [2.24, 2.45) is 0 Å². The maximum absolute atomic E-state index is 4.34. The predicted octanol–water partition coefficient (Wildman–Crippen LogP) is 3.97. The number of aromatic nitrogens is 2. The molecule has 1 N–H and O–H groups in total. The first-order chi connectivity index (χ1) is 8.08. The molecule has 0 aliphatic rings. The molecule has 0 radical (unpaired) electrons. The normalized spacial score (nSPS) is 14.8. The summed E-state index contributed by atoms with van der Waals surface area (Å²) in [7, 11) is 0. The highest BCUT2D eigenvalue weighted by Crippen LogP contribution is 2.29. The minimum Gasteiger partial charge on any atom is -0.366 e. The van der Waals surface area contributed by atoms with Gasteiger partial charge in [0.1, 0.15) is 12.1 Å². The molecule has 2 atom stereocenters. The van der Waals surface area contributed by atoms with Gasteiger partial charge in [-0.1, -0.05) is 22.9 Å². The van der Waals surface area contributed by atoms with E-state index < -0.39 is 0 Å². The van der Waals surface area contributed by atoms with Crippen LogP contribution in [-0.2, 0) is 0 Å². The van der Waals surface area contributed by atoms with Crippen LogP contribution in [0.25, 0.3) is 10.2 Å². The highest BCUT2D eigenvalue weighted by Gasteiger charge is 2.11. The number of hydrogen-bond acceptors (Lipinski definition) is 4. The Morgan fingerprint density at radius 3 is 2.88 bits per heavy atom. The molecule has 0 saturated heterocycles.